The minimum absolute atomic E-state index is 0.0771. The van der Waals surface area contributed by atoms with Crippen LogP contribution in [0.25, 0.3) is 0 Å². The van der Waals surface area contributed by atoms with E-state index >= 15 is 0 Å². The molecule has 1 heterocycles. The van der Waals surface area contributed by atoms with Crippen LogP contribution < -0.4 is 20.1 Å². The molecule has 1 aliphatic carbocycles. The van der Waals surface area contributed by atoms with Crippen molar-refractivity contribution in [2.45, 2.75) is 56.5 Å². The van der Waals surface area contributed by atoms with E-state index in [-0.39, 0.29) is 17.5 Å². The summed E-state index contributed by atoms with van der Waals surface area (Å²) in [6.07, 6.45) is 5.19. The van der Waals surface area contributed by atoms with Gasteiger partial charge < -0.3 is 20.1 Å². The molecule has 0 bridgehead atoms. The summed E-state index contributed by atoms with van der Waals surface area (Å²) in [4.78, 5) is 15.3. The summed E-state index contributed by atoms with van der Waals surface area (Å²) in [6, 6.07) is 14.4. The van der Waals surface area contributed by atoms with Crippen molar-refractivity contribution in [3.63, 3.8) is 0 Å². The second-order valence-electron chi connectivity index (χ2n) is 9.11. The van der Waals surface area contributed by atoms with Gasteiger partial charge in [0.25, 0.3) is 0 Å². The first-order chi connectivity index (χ1) is 16.0. The van der Waals surface area contributed by atoms with Crippen LogP contribution in [0, 0.1) is 0 Å². The van der Waals surface area contributed by atoms with Crippen molar-refractivity contribution >= 4 is 27.6 Å². The molecule has 0 unspecified atom stereocenters. The van der Waals surface area contributed by atoms with Crippen LogP contribution in [0.15, 0.2) is 46.9 Å². The Balaban J connectivity index is 1.52. The molecule has 0 aromatic heterocycles. The Morgan fingerprint density at radius 3 is 2.70 bits per heavy atom. The van der Waals surface area contributed by atoms with Gasteiger partial charge >= 0.3 is 6.03 Å². The number of hydrogen-bond acceptors (Lipinski definition) is 4. The molecule has 0 radical (unpaired) electrons. The monoisotopic (exact) mass is 515 g/mol. The summed E-state index contributed by atoms with van der Waals surface area (Å²) >= 11 is 3.46. The molecule has 178 valence electrons. The Hall–Kier alpha value is -2.25. The summed E-state index contributed by atoms with van der Waals surface area (Å²) in [6.45, 7) is 4.40. The highest BCUT2D eigenvalue weighted by Crippen LogP contribution is 2.50. The zero-order valence-corrected chi connectivity index (χ0v) is 21.3. The van der Waals surface area contributed by atoms with E-state index in [1.165, 1.54) is 5.56 Å². The molecule has 1 saturated carbocycles. The van der Waals surface area contributed by atoms with Crippen LogP contribution in [0.3, 0.4) is 0 Å². The third-order valence-corrected chi connectivity index (χ3v) is 7.75. The molecule has 2 aromatic carbocycles. The molecular weight excluding hydrogens is 482 g/mol. The molecule has 1 saturated heterocycles. The fourth-order valence-corrected chi connectivity index (χ4v) is 6.13. The Labute approximate surface area is 205 Å². The number of halogens is 1. The van der Waals surface area contributed by atoms with Gasteiger partial charge in [0.05, 0.1) is 14.2 Å². The van der Waals surface area contributed by atoms with Crippen molar-refractivity contribution in [3.8, 4) is 11.5 Å². The number of nitrogens with zero attached hydrogens (tertiary/aromatic N) is 1. The lowest BCUT2D eigenvalue weighted by molar-refractivity contribution is 0.136. The molecule has 6 nitrogen and oxygen atoms in total. The van der Waals surface area contributed by atoms with E-state index in [0.29, 0.717) is 6.04 Å². The number of carbonyl (C=O) groups excluding carboxylic acids is 1. The van der Waals surface area contributed by atoms with Crippen LogP contribution in [-0.4, -0.2) is 50.3 Å². The van der Waals surface area contributed by atoms with E-state index in [1.807, 2.05) is 30.3 Å². The summed E-state index contributed by atoms with van der Waals surface area (Å²) in [5.41, 5.74) is 2.18. The maximum absolute atomic E-state index is 12.7. The molecule has 2 fully saturated rings. The van der Waals surface area contributed by atoms with Crippen molar-refractivity contribution in [2.75, 3.05) is 32.6 Å². The zero-order valence-electron chi connectivity index (χ0n) is 19.7. The summed E-state index contributed by atoms with van der Waals surface area (Å²) in [7, 11) is 3.37. The Kier molecular flexibility index (Phi) is 7.49. The van der Waals surface area contributed by atoms with Crippen LogP contribution in [0.5, 0.6) is 11.5 Å². The number of likely N-dealkylation sites (tertiary alicyclic amines) is 1. The van der Waals surface area contributed by atoms with Crippen molar-refractivity contribution in [2.24, 2.45) is 0 Å². The second-order valence-corrected chi connectivity index (χ2v) is 10.0. The molecule has 2 N–H and O–H groups in total. The van der Waals surface area contributed by atoms with E-state index in [9.17, 15) is 4.79 Å². The molecule has 4 rings (SSSR count). The predicted molar refractivity (Wildman–Crippen MR) is 135 cm³/mol. The van der Waals surface area contributed by atoms with Gasteiger partial charge in [-0.25, -0.2) is 4.79 Å². The highest BCUT2D eigenvalue weighted by Gasteiger charge is 2.51. The standard InChI is InChI=1S/C26H34BrN3O3/c1-4-13-30-14-12-26(18-8-9-22(32-2)23(15-18)33-3)11-10-21(17-24(26)30)29-25(31)28-20-7-5-6-19(27)16-20/h5-9,15-16,21,24H,4,10-14,17H2,1-3H3,(H2,28,29,31)/t21-,24+,26+/m1/s1. The number of benzene rings is 2. The first-order valence-electron chi connectivity index (χ1n) is 11.8. The van der Waals surface area contributed by atoms with Crippen LogP contribution >= 0.6 is 15.9 Å². The van der Waals surface area contributed by atoms with Gasteiger partial charge in [0.2, 0.25) is 0 Å². The average molecular weight is 516 g/mol. The topological polar surface area (TPSA) is 62.8 Å². The number of urea groups is 1. The van der Waals surface area contributed by atoms with Gasteiger partial charge in [-0.1, -0.05) is 35.0 Å². The Morgan fingerprint density at radius 2 is 1.97 bits per heavy atom. The normalized spacial score (nSPS) is 24.7. The lowest BCUT2D eigenvalue weighted by Gasteiger charge is -2.45. The van der Waals surface area contributed by atoms with Crippen molar-refractivity contribution < 1.29 is 14.3 Å². The van der Waals surface area contributed by atoms with Gasteiger partial charge in [0.15, 0.2) is 11.5 Å². The maximum Gasteiger partial charge on any atom is 0.319 e. The number of fused-ring (bicyclic) bond motifs is 1. The number of methoxy groups -OCH3 is 2. The van der Waals surface area contributed by atoms with E-state index in [0.717, 1.165) is 66.9 Å². The zero-order chi connectivity index (χ0) is 23.4. The van der Waals surface area contributed by atoms with Crippen LogP contribution in [-0.2, 0) is 5.41 Å². The van der Waals surface area contributed by atoms with Gasteiger partial charge in [0.1, 0.15) is 0 Å². The first-order valence-corrected chi connectivity index (χ1v) is 12.6. The van der Waals surface area contributed by atoms with Crippen LogP contribution in [0.1, 0.15) is 44.6 Å². The molecule has 33 heavy (non-hydrogen) atoms. The molecule has 2 amide bonds. The molecule has 2 aliphatic rings. The van der Waals surface area contributed by atoms with Gasteiger partial charge in [-0.3, -0.25) is 4.90 Å². The first kappa shape index (κ1) is 23.9. The lowest BCUT2D eigenvalue weighted by Crippen LogP contribution is -2.53. The fourth-order valence-electron chi connectivity index (χ4n) is 5.73. The van der Waals surface area contributed by atoms with E-state index in [2.05, 4.69) is 50.5 Å². The molecule has 2 aromatic rings. The van der Waals surface area contributed by atoms with Crippen LogP contribution in [0.2, 0.25) is 0 Å². The number of ether oxygens (including phenoxy) is 2. The lowest BCUT2D eigenvalue weighted by atomic mass is 9.65. The van der Waals surface area contributed by atoms with E-state index < -0.39 is 0 Å². The summed E-state index contributed by atoms with van der Waals surface area (Å²) < 4.78 is 12.0. The van der Waals surface area contributed by atoms with E-state index in [4.69, 9.17) is 9.47 Å². The van der Waals surface area contributed by atoms with Crippen molar-refractivity contribution in [1.29, 1.82) is 0 Å². The average Bonchev–Trinajstić information content (AvgIpc) is 3.17. The van der Waals surface area contributed by atoms with Crippen molar-refractivity contribution in [1.82, 2.24) is 10.2 Å². The number of hydrogen-bond donors (Lipinski definition) is 2. The highest BCUT2D eigenvalue weighted by molar-refractivity contribution is 9.10. The van der Waals surface area contributed by atoms with Crippen molar-refractivity contribution in [3.05, 3.63) is 52.5 Å². The number of anilines is 1. The van der Waals surface area contributed by atoms with Crippen LogP contribution in [0.4, 0.5) is 10.5 Å². The second kappa shape index (κ2) is 10.3. The quantitative estimate of drug-likeness (QED) is 0.506. The van der Waals surface area contributed by atoms with Gasteiger partial charge in [-0.2, -0.15) is 0 Å². The van der Waals surface area contributed by atoms with E-state index in [1.54, 1.807) is 14.2 Å². The third kappa shape index (κ3) is 4.99. The molecule has 7 heteroatoms. The largest absolute Gasteiger partial charge is 0.493 e. The minimum atomic E-state index is -0.142. The smallest absolute Gasteiger partial charge is 0.319 e. The number of nitrogens with one attached hydrogen (secondary N) is 2. The highest BCUT2D eigenvalue weighted by atomic mass is 79.9. The minimum Gasteiger partial charge on any atom is -0.493 e. The van der Waals surface area contributed by atoms with Gasteiger partial charge in [-0.15, -0.1) is 0 Å². The SMILES string of the molecule is CCCN1CC[C@]2(c3ccc(OC)c(OC)c3)CC[C@@H](NC(=O)Nc3cccc(Br)c3)C[C@H]12. The Bertz CT molecular complexity index is 985. The summed E-state index contributed by atoms with van der Waals surface area (Å²) in [5, 5.41) is 6.21. The molecule has 3 atom stereocenters. The fraction of sp³-hybridized carbons (Fsp3) is 0.500. The van der Waals surface area contributed by atoms with Gasteiger partial charge in [0, 0.05) is 27.7 Å². The number of rotatable bonds is 7. The van der Waals surface area contributed by atoms with Gasteiger partial charge in [-0.05, 0) is 81.1 Å². The molecule has 0 spiro atoms. The number of amides is 2. The predicted octanol–water partition coefficient (Wildman–Crippen LogP) is 5.56. The third-order valence-electron chi connectivity index (χ3n) is 7.26. The Morgan fingerprint density at radius 1 is 1.15 bits per heavy atom. The summed E-state index contributed by atoms with van der Waals surface area (Å²) in [5.74, 6) is 1.54. The molecular formula is C26H34BrN3O3. The molecule has 1 aliphatic heterocycles. The number of carbonyl (C=O) groups is 1. The maximum atomic E-state index is 12.7.